The van der Waals surface area contributed by atoms with Crippen molar-refractivity contribution in [2.45, 2.75) is 12.5 Å². The van der Waals surface area contributed by atoms with Crippen LogP contribution in [0, 0.1) is 0 Å². The Labute approximate surface area is 103 Å². The van der Waals surface area contributed by atoms with Crippen molar-refractivity contribution in [3.63, 3.8) is 0 Å². The van der Waals surface area contributed by atoms with E-state index >= 15 is 0 Å². The molecule has 0 spiro atoms. The first-order valence-corrected chi connectivity index (χ1v) is 5.63. The van der Waals surface area contributed by atoms with Gasteiger partial charge in [-0.1, -0.05) is 6.07 Å². The van der Waals surface area contributed by atoms with Crippen molar-refractivity contribution in [1.82, 2.24) is 10.6 Å². The van der Waals surface area contributed by atoms with Crippen molar-refractivity contribution in [2.24, 2.45) is 0 Å². The van der Waals surface area contributed by atoms with E-state index in [-0.39, 0.29) is 18.7 Å². The van der Waals surface area contributed by atoms with Gasteiger partial charge in [-0.3, -0.25) is 4.79 Å². The molecule has 0 aliphatic carbocycles. The van der Waals surface area contributed by atoms with Gasteiger partial charge in [-0.2, -0.15) is 0 Å². The average molecular weight is 250 g/mol. The SMILES string of the molecule is O=C1NC(=S)N[C@H]1Cc1ccc2c(c1)OCO2. The van der Waals surface area contributed by atoms with Crippen LogP contribution in [-0.2, 0) is 11.2 Å². The summed E-state index contributed by atoms with van der Waals surface area (Å²) in [6.45, 7) is 0.255. The van der Waals surface area contributed by atoms with Crippen molar-refractivity contribution in [1.29, 1.82) is 0 Å². The lowest BCUT2D eigenvalue weighted by Crippen LogP contribution is -2.30. The summed E-state index contributed by atoms with van der Waals surface area (Å²) in [7, 11) is 0. The Morgan fingerprint density at radius 1 is 1.35 bits per heavy atom. The van der Waals surface area contributed by atoms with E-state index in [9.17, 15) is 4.79 Å². The molecule has 1 saturated heterocycles. The van der Waals surface area contributed by atoms with E-state index in [1.807, 2.05) is 18.2 Å². The zero-order valence-electron chi connectivity index (χ0n) is 8.86. The molecule has 17 heavy (non-hydrogen) atoms. The molecule has 2 heterocycles. The van der Waals surface area contributed by atoms with Gasteiger partial charge in [0.25, 0.3) is 0 Å². The normalized spacial score (nSPS) is 21.3. The third-order valence-electron chi connectivity index (χ3n) is 2.74. The Bertz CT molecular complexity index is 503. The molecular weight excluding hydrogens is 240 g/mol. The Morgan fingerprint density at radius 3 is 2.94 bits per heavy atom. The molecule has 0 unspecified atom stereocenters. The standard InChI is InChI=1S/C11H10N2O3S/c14-10-7(12-11(17)13-10)3-6-1-2-8-9(4-6)16-5-15-8/h1-2,4,7H,3,5H2,(H2,12,13,14,17)/t7-/m0/s1. The predicted octanol–water partition coefficient (Wildman–Crippen LogP) is 0.331. The highest BCUT2D eigenvalue weighted by Gasteiger charge is 2.27. The molecule has 3 rings (SSSR count). The van der Waals surface area contributed by atoms with E-state index in [4.69, 9.17) is 21.7 Å². The van der Waals surface area contributed by atoms with E-state index in [0.717, 1.165) is 17.1 Å². The molecular formula is C11H10N2O3S. The number of thiocarbonyl (C=S) groups is 1. The summed E-state index contributed by atoms with van der Waals surface area (Å²) in [5.74, 6) is 1.38. The molecule has 5 nitrogen and oxygen atoms in total. The van der Waals surface area contributed by atoms with Crippen LogP contribution in [0.2, 0.25) is 0 Å². The number of fused-ring (bicyclic) bond motifs is 1. The monoisotopic (exact) mass is 250 g/mol. The van der Waals surface area contributed by atoms with Crippen molar-refractivity contribution < 1.29 is 14.3 Å². The molecule has 0 radical (unpaired) electrons. The number of hydrogen-bond acceptors (Lipinski definition) is 4. The van der Waals surface area contributed by atoms with Crippen molar-refractivity contribution in [3.8, 4) is 11.5 Å². The number of carbonyl (C=O) groups is 1. The van der Waals surface area contributed by atoms with Gasteiger partial charge in [-0.05, 0) is 29.9 Å². The summed E-state index contributed by atoms with van der Waals surface area (Å²) in [6, 6.07) is 5.36. The summed E-state index contributed by atoms with van der Waals surface area (Å²) in [5.41, 5.74) is 1.01. The van der Waals surface area contributed by atoms with Crippen LogP contribution in [0.3, 0.4) is 0 Å². The van der Waals surface area contributed by atoms with Crippen molar-refractivity contribution in [2.75, 3.05) is 6.79 Å². The molecule has 0 saturated carbocycles. The van der Waals surface area contributed by atoms with Gasteiger partial charge in [0.2, 0.25) is 12.7 Å². The third kappa shape index (κ3) is 1.91. The molecule has 1 amide bonds. The highest BCUT2D eigenvalue weighted by Crippen LogP contribution is 2.32. The second-order valence-corrected chi connectivity index (χ2v) is 4.32. The summed E-state index contributed by atoms with van der Waals surface area (Å²) >= 11 is 4.88. The zero-order valence-corrected chi connectivity index (χ0v) is 9.67. The quantitative estimate of drug-likeness (QED) is 0.741. The van der Waals surface area contributed by atoms with E-state index in [1.165, 1.54) is 0 Å². The third-order valence-corrected chi connectivity index (χ3v) is 2.96. The van der Waals surface area contributed by atoms with Crippen LogP contribution in [-0.4, -0.2) is 23.9 Å². The van der Waals surface area contributed by atoms with E-state index in [1.54, 1.807) is 0 Å². The average Bonchev–Trinajstić information content (AvgIpc) is 2.85. The van der Waals surface area contributed by atoms with Crippen LogP contribution in [0.15, 0.2) is 18.2 Å². The summed E-state index contributed by atoms with van der Waals surface area (Å²) in [5, 5.41) is 5.87. The first kappa shape index (κ1) is 10.3. The maximum Gasteiger partial charge on any atom is 0.249 e. The van der Waals surface area contributed by atoms with Crippen molar-refractivity contribution in [3.05, 3.63) is 23.8 Å². The van der Waals surface area contributed by atoms with E-state index in [0.29, 0.717) is 11.5 Å². The number of carbonyl (C=O) groups excluding carboxylic acids is 1. The van der Waals surface area contributed by atoms with Gasteiger partial charge < -0.3 is 20.1 Å². The Balaban J connectivity index is 1.77. The number of nitrogens with one attached hydrogen (secondary N) is 2. The minimum atomic E-state index is -0.303. The van der Waals surface area contributed by atoms with Crippen LogP contribution >= 0.6 is 12.2 Å². The van der Waals surface area contributed by atoms with Gasteiger partial charge in [0, 0.05) is 6.42 Å². The van der Waals surface area contributed by atoms with Gasteiger partial charge in [0.15, 0.2) is 16.6 Å². The number of hydrogen-bond donors (Lipinski definition) is 2. The Kier molecular flexibility index (Phi) is 2.36. The number of rotatable bonds is 2. The fourth-order valence-electron chi connectivity index (χ4n) is 1.91. The molecule has 1 atom stereocenters. The molecule has 2 N–H and O–H groups in total. The molecule has 2 aliphatic rings. The van der Waals surface area contributed by atoms with Crippen LogP contribution in [0.1, 0.15) is 5.56 Å². The highest BCUT2D eigenvalue weighted by molar-refractivity contribution is 7.80. The fourth-order valence-corrected chi connectivity index (χ4v) is 2.15. The number of benzene rings is 1. The predicted molar refractivity (Wildman–Crippen MR) is 63.9 cm³/mol. The topological polar surface area (TPSA) is 59.6 Å². The fraction of sp³-hybridized carbons (Fsp3) is 0.273. The largest absolute Gasteiger partial charge is 0.454 e. The summed E-state index contributed by atoms with van der Waals surface area (Å²) in [6.07, 6.45) is 0.572. The lowest BCUT2D eigenvalue weighted by molar-refractivity contribution is -0.120. The van der Waals surface area contributed by atoms with Crippen LogP contribution in [0.25, 0.3) is 0 Å². The zero-order chi connectivity index (χ0) is 11.8. The maximum atomic E-state index is 11.5. The van der Waals surface area contributed by atoms with E-state index in [2.05, 4.69) is 10.6 Å². The first-order valence-electron chi connectivity index (χ1n) is 5.22. The van der Waals surface area contributed by atoms with Gasteiger partial charge >= 0.3 is 0 Å². The summed E-state index contributed by atoms with van der Waals surface area (Å²) < 4.78 is 10.5. The maximum absolute atomic E-state index is 11.5. The number of ether oxygens (including phenoxy) is 2. The Hall–Kier alpha value is -1.82. The van der Waals surface area contributed by atoms with Crippen molar-refractivity contribution >= 4 is 23.2 Å². The second kappa shape index (κ2) is 3.89. The lowest BCUT2D eigenvalue weighted by Gasteiger charge is -2.08. The lowest BCUT2D eigenvalue weighted by atomic mass is 10.1. The minimum Gasteiger partial charge on any atom is -0.454 e. The second-order valence-electron chi connectivity index (χ2n) is 3.91. The van der Waals surface area contributed by atoms with Crippen LogP contribution in [0.4, 0.5) is 0 Å². The van der Waals surface area contributed by atoms with E-state index < -0.39 is 0 Å². The molecule has 0 aromatic heterocycles. The molecule has 0 bridgehead atoms. The number of amides is 1. The molecule has 1 aromatic carbocycles. The van der Waals surface area contributed by atoms with Gasteiger partial charge in [-0.15, -0.1) is 0 Å². The van der Waals surface area contributed by atoms with Crippen LogP contribution < -0.4 is 20.1 Å². The molecule has 1 fully saturated rings. The molecule has 6 heteroatoms. The Morgan fingerprint density at radius 2 is 2.18 bits per heavy atom. The van der Waals surface area contributed by atoms with Crippen LogP contribution in [0.5, 0.6) is 11.5 Å². The smallest absolute Gasteiger partial charge is 0.249 e. The highest BCUT2D eigenvalue weighted by atomic mass is 32.1. The molecule has 88 valence electrons. The van der Waals surface area contributed by atoms with Gasteiger partial charge in [0.1, 0.15) is 6.04 Å². The van der Waals surface area contributed by atoms with Gasteiger partial charge in [0.05, 0.1) is 0 Å². The molecule has 1 aromatic rings. The summed E-state index contributed by atoms with van der Waals surface area (Å²) in [4.78, 5) is 11.5. The minimum absolute atomic E-state index is 0.0901. The first-order chi connectivity index (χ1) is 8.22. The van der Waals surface area contributed by atoms with Gasteiger partial charge in [-0.25, -0.2) is 0 Å². The molecule has 2 aliphatic heterocycles.